The monoisotopic (exact) mass is 275 g/mol. The Kier molecular flexibility index (Phi) is 4.70. The van der Waals surface area contributed by atoms with Gasteiger partial charge in [0.15, 0.2) is 5.69 Å². The van der Waals surface area contributed by atoms with Crippen molar-refractivity contribution in [2.24, 2.45) is 0 Å². The zero-order valence-electron chi connectivity index (χ0n) is 11.3. The number of aromatic carboxylic acids is 1. The molecule has 6 heteroatoms. The zero-order valence-corrected chi connectivity index (χ0v) is 11.3. The van der Waals surface area contributed by atoms with E-state index in [0.717, 1.165) is 24.2 Å². The highest BCUT2D eigenvalue weighted by Crippen LogP contribution is 2.16. The predicted octanol–water partition coefficient (Wildman–Crippen LogP) is 2.14. The Bertz CT molecular complexity index is 581. The summed E-state index contributed by atoms with van der Waals surface area (Å²) in [7, 11) is 0. The van der Waals surface area contributed by atoms with E-state index >= 15 is 0 Å². The maximum atomic E-state index is 10.6. The van der Waals surface area contributed by atoms with Crippen LogP contribution in [-0.4, -0.2) is 32.7 Å². The summed E-state index contributed by atoms with van der Waals surface area (Å²) in [4.78, 5) is 10.6. The third-order valence-electron chi connectivity index (χ3n) is 2.89. The van der Waals surface area contributed by atoms with Crippen molar-refractivity contribution in [3.05, 3.63) is 41.7 Å². The van der Waals surface area contributed by atoms with Gasteiger partial charge in [0.2, 0.25) is 0 Å². The van der Waals surface area contributed by atoms with E-state index in [4.69, 9.17) is 9.84 Å². The molecule has 0 aliphatic carbocycles. The van der Waals surface area contributed by atoms with Crippen molar-refractivity contribution in [2.75, 3.05) is 6.61 Å². The maximum Gasteiger partial charge on any atom is 0.358 e. The van der Waals surface area contributed by atoms with Gasteiger partial charge in [0.25, 0.3) is 0 Å². The van der Waals surface area contributed by atoms with Crippen molar-refractivity contribution in [3.63, 3.8) is 0 Å². The number of rotatable bonds is 7. The van der Waals surface area contributed by atoms with Gasteiger partial charge < -0.3 is 9.84 Å². The van der Waals surface area contributed by atoms with Crippen molar-refractivity contribution < 1.29 is 14.6 Å². The molecule has 1 aromatic carbocycles. The number of carboxylic acids is 1. The molecule has 2 aromatic rings. The van der Waals surface area contributed by atoms with Crippen LogP contribution in [0, 0.1) is 6.92 Å². The van der Waals surface area contributed by atoms with Gasteiger partial charge in [-0.15, -0.1) is 5.10 Å². The van der Waals surface area contributed by atoms with Crippen LogP contribution in [0.3, 0.4) is 0 Å². The number of carbonyl (C=O) groups is 1. The molecule has 20 heavy (non-hydrogen) atoms. The number of ether oxygens (including phenoxy) is 1. The van der Waals surface area contributed by atoms with E-state index in [1.54, 1.807) is 0 Å². The topological polar surface area (TPSA) is 77.2 Å². The molecule has 2 rings (SSSR count). The van der Waals surface area contributed by atoms with Gasteiger partial charge in [0.1, 0.15) is 5.75 Å². The van der Waals surface area contributed by atoms with Gasteiger partial charge in [-0.2, -0.15) is 0 Å². The lowest BCUT2D eigenvalue weighted by Crippen LogP contribution is -2.03. The molecule has 0 aliphatic rings. The summed E-state index contributed by atoms with van der Waals surface area (Å²) in [6.07, 6.45) is 3.16. The molecule has 1 N–H and O–H groups in total. The van der Waals surface area contributed by atoms with Crippen molar-refractivity contribution in [1.29, 1.82) is 0 Å². The van der Waals surface area contributed by atoms with E-state index in [0.29, 0.717) is 13.2 Å². The number of carboxylic acid groups (broad SMARTS) is 1. The quantitative estimate of drug-likeness (QED) is 0.783. The molecule has 0 atom stereocenters. The highest BCUT2D eigenvalue weighted by atomic mass is 16.5. The van der Waals surface area contributed by atoms with Gasteiger partial charge in [0, 0.05) is 6.54 Å². The molecule has 0 amide bonds. The lowest BCUT2D eigenvalue weighted by molar-refractivity contribution is 0.0690. The Morgan fingerprint density at radius 2 is 2.15 bits per heavy atom. The molecule has 0 spiro atoms. The summed E-state index contributed by atoms with van der Waals surface area (Å²) >= 11 is 0. The minimum atomic E-state index is -1.06. The number of para-hydroxylation sites is 1. The lowest BCUT2D eigenvalue weighted by Gasteiger charge is -2.08. The van der Waals surface area contributed by atoms with Crippen molar-refractivity contribution in [2.45, 2.75) is 26.3 Å². The number of benzene rings is 1. The normalized spacial score (nSPS) is 10.4. The standard InChI is InChI=1S/C14H17N3O3/c1-11-6-2-3-7-13(11)20-9-5-4-8-17-10-12(14(18)19)15-16-17/h2-3,6-7,10H,4-5,8-9H2,1H3,(H,18,19). The van der Waals surface area contributed by atoms with Gasteiger partial charge in [-0.1, -0.05) is 23.4 Å². The molecule has 1 aromatic heterocycles. The van der Waals surface area contributed by atoms with E-state index in [1.807, 2.05) is 31.2 Å². The molecule has 0 saturated heterocycles. The van der Waals surface area contributed by atoms with Gasteiger partial charge in [-0.25, -0.2) is 4.79 Å². The third kappa shape index (κ3) is 3.81. The minimum Gasteiger partial charge on any atom is -0.493 e. The molecular weight excluding hydrogens is 258 g/mol. The molecule has 0 bridgehead atoms. The van der Waals surface area contributed by atoms with Crippen LogP contribution in [-0.2, 0) is 6.54 Å². The fourth-order valence-electron chi connectivity index (χ4n) is 1.78. The molecule has 6 nitrogen and oxygen atoms in total. The second-order valence-electron chi connectivity index (χ2n) is 4.49. The number of aryl methyl sites for hydroxylation is 2. The van der Waals surface area contributed by atoms with Crippen LogP contribution in [0.2, 0.25) is 0 Å². The molecular formula is C14H17N3O3. The van der Waals surface area contributed by atoms with Gasteiger partial charge in [-0.05, 0) is 31.4 Å². The maximum absolute atomic E-state index is 10.6. The number of hydrogen-bond donors (Lipinski definition) is 1. The second-order valence-corrected chi connectivity index (χ2v) is 4.49. The van der Waals surface area contributed by atoms with Crippen LogP contribution in [0.25, 0.3) is 0 Å². The van der Waals surface area contributed by atoms with Crippen LogP contribution in [0.1, 0.15) is 28.9 Å². The summed E-state index contributed by atoms with van der Waals surface area (Å²) in [5.41, 5.74) is 1.09. The summed E-state index contributed by atoms with van der Waals surface area (Å²) in [5, 5.41) is 16.0. The van der Waals surface area contributed by atoms with Crippen molar-refractivity contribution >= 4 is 5.97 Å². The van der Waals surface area contributed by atoms with E-state index < -0.39 is 5.97 Å². The van der Waals surface area contributed by atoms with Crippen molar-refractivity contribution in [3.8, 4) is 5.75 Å². The molecule has 0 fully saturated rings. The highest BCUT2D eigenvalue weighted by Gasteiger charge is 2.07. The Morgan fingerprint density at radius 3 is 2.85 bits per heavy atom. The molecule has 0 aliphatic heterocycles. The number of unbranched alkanes of at least 4 members (excludes halogenated alkanes) is 1. The first-order valence-corrected chi connectivity index (χ1v) is 6.48. The van der Waals surface area contributed by atoms with E-state index in [1.165, 1.54) is 10.9 Å². The molecule has 0 saturated carbocycles. The Labute approximate surface area is 117 Å². The first-order chi connectivity index (χ1) is 9.66. The van der Waals surface area contributed by atoms with Gasteiger partial charge in [0.05, 0.1) is 12.8 Å². The number of hydrogen-bond acceptors (Lipinski definition) is 4. The zero-order chi connectivity index (χ0) is 14.4. The van der Waals surface area contributed by atoms with Crippen LogP contribution in [0.4, 0.5) is 0 Å². The summed E-state index contributed by atoms with van der Waals surface area (Å²) in [6.45, 7) is 3.28. The summed E-state index contributed by atoms with van der Waals surface area (Å²) in [5.74, 6) is -0.152. The average molecular weight is 275 g/mol. The van der Waals surface area contributed by atoms with Gasteiger partial charge >= 0.3 is 5.97 Å². The van der Waals surface area contributed by atoms with Gasteiger partial charge in [-0.3, -0.25) is 4.68 Å². The van der Waals surface area contributed by atoms with Crippen LogP contribution < -0.4 is 4.74 Å². The van der Waals surface area contributed by atoms with Crippen LogP contribution in [0.5, 0.6) is 5.75 Å². The third-order valence-corrected chi connectivity index (χ3v) is 2.89. The Balaban J connectivity index is 1.69. The fourth-order valence-corrected chi connectivity index (χ4v) is 1.78. The smallest absolute Gasteiger partial charge is 0.358 e. The Morgan fingerprint density at radius 1 is 1.35 bits per heavy atom. The molecule has 1 heterocycles. The average Bonchev–Trinajstić information content (AvgIpc) is 2.89. The first kappa shape index (κ1) is 14.0. The molecule has 0 radical (unpaired) electrons. The molecule has 0 unspecified atom stereocenters. The highest BCUT2D eigenvalue weighted by molar-refractivity contribution is 5.84. The van der Waals surface area contributed by atoms with Crippen LogP contribution in [0.15, 0.2) is 30.5 Å². The van der Waals surface area contributed by atoms with E-state index in [2.05, 4.69) is 10.3 Å². The number of aromatic nitrogens is 3. The fraction of sp³-hybridized carbons (Fsp3) is 0.357. The molecule has 106 valence electrons. The Hall–Kier alpha value is -2.37. The SMILES string of the molecule is Cc1ccccc1OCCCCn1cc(C(=O)O)nn1. The first-order valence-electron chi connectivity index (χ1n) is 6.48. The van der Waals surface area contributed by atoms with Crippen molar-refractivity contribution in [1.82, 2.24) is 15.0 Å². The van der Waals surface area contributed by atoms with E-state index in [9.17, 15) is 4.79 Å². The largest absolute Gasteiger partial charge is 0.493 e. The second kappa shape index (κ2) is 6.70. The lowest BCUT2D eigenvalue weighted by atomic mass is 10.2. The van der Waals surface area contributed by atoms with E-state index in [-0.39, 0.29) is 5.69 Å². The van der Waals surface area contributed by atoms with Crippen LogP contribution >= 0.6 is 0 Å². The number of nitrogens with zero attached hydrogens (tertiary/aromatic N) is 3. The summed E-state index contributed by atoms with van der Waals surface area (Å²) < 4.78 is 7.22. The predicted molar refractivity (Wildman–Crippen MR) is 72.9 cm³/mol. The minimum absolute atomic E-state index is 0.0267. The summed E-state index contributed by atoms with van der Waals surface area (Å²) in [6, 6.07) is 7.89.